The van der Waals surface area contributed by atoms with Gasteiger partial charge in [0.05, 0.1) is 33.1 Å². The van der Waals surface area contributed by atoms with E-state index < -0.39 is 10.0 Å². The molecule has 0 aliphatic heterocycles. The van der Waals surface area contributed by atoms with E-state index in [4.69, 9.17) is 16.9 Å². The summed E-state index contributed by atoms with van der Waals surface area (Å²) >= 11 is 5.83. The lowest BCUT2D eigenvalue weighted by atomic mass is 10.2. The first-order chi connectivity index (χ1) is 11.4. The second-order valence-electron chi connectivity index (χ2n) is 5.15. The van der Waals surface area contributed by atoms with Crippen molar-refractivity contribution in [3.63, 3.8) is 0 Å². The Morgan fingerprint density at radius 2 is 2.04 bits per heavy atom. The average Bonchev–Trinajstić information content (AvgIpc) is 2.90. The molecule has 0 fully saturated rings. The number of para-hydroxylation sites is 2. The minimum atomic E-state index is -3.78. The third-order valence-electron chi connectivity index (χ3n) is 3.67. The first-order valence-corrected chi connectivity index (χ1v) is 8.88. The number of sulfonamides is 1. The molecule has 8 heteroatoms. The molecular weight excluding hydrogens is 348 g/mol. The Labute approximate surface area is 144 Å². The molecule has 0 saturated heterocycles. The highest BCUT2D eigenvalue weighted by atomic mass is 35.5. The van der Waals surface area contributed by atoms with Crippen molar-refractivity contribution >= 4 is 32.7 Å². The van der Waals surface area contributed by atoms with E-state index in [1.54, 1.807) is 0 Å². The van der Waals surface area contributed by atoms with Gasteiger partial charge in [-0.15, -0.1) is 0 Å². The van der Waals surface area contributed by atoms with Crippen LogP contribution >= 0.6 is 11.6 Å². The van der Waals surface area contributed by atoms with Gasteiger partial charge in [0.15, 0.2) is 0 Å². The minimum absolute atomic E-state index is 0.0118. The number of rotatable bonds is 4. The zero-order chi connectivity index (χ0) is 17.3. The molecule has 0 aliphatic rings. The fraction of sp³-hybridized carbons (Fsp3) is 0.125. The van der Waals surface area contributed by atoms with Crippen molar-refractivity contribution in [2.75, 3.05) is 0 Å². The lowest BCUT2D eigenvalue weighted by molar-refractivity contribution is 0.578. The van der Waals surface area contributed by atoms with Crippen LogP contribution in [0.5, 0.6) is 0 Å². The van der Waals surface area contributed by atoms with E-state index >= 15 is 0 Å². The van der Waals surface area contributed by atoms with Crippen molar-refractivity contribution in [2.24, 2.45) is 7.05 Å². The van der Waals surface area contributed by atoms with Crippen LogP contribution in [0, 0.1) is 11.3 Å². The van der Waals surface area contributed by atoms with Gasteiger partial charge in [-0.1, -0.05) is 23.7 Å². The molecule has 1 aromatic heterocycles. The number of halogens is 1. The normalized spacial score (nSPS) is 11.5. The molecule has 0 unspecified atom stereocenters. The average molecular weight is 361 g/mol. The summed E-state index contributed by atoms with van der Waals surface area (Å²) in [6, 6.07) is 13.4. The Kier molecular flexibility index (Phi) is 4.28. The summed E-state index contributed by atoms with van der Waals surface area (Å²) in [6.45, 7) is 0.0397. The number of imidazole rings is 1. The van der Waals surface area contributed by atoms with Gasteiger partial charge in [0, 0.05) is 7.05 Å². The number of hydrogen-bond acceptors (Lipinski definition) is 4. The lowest BCUT2D eigenvalue weighted by Crippen LogP contribution is -2.24. The van der Waals surface area contributed by atoms with E-state index in [9.17, 15) is 8.42 Å². The summed E-state index contributed by atoms with van der Waals surface area (Å²) in [6.07, 6.45) is 0. The highest BCUT2D eigenvalue weighted by Gasteiger charge is 2.17. The van der Waals surface area contributed by atoms with Crippen LogP contribution in [0.4, 0.5) is 0 Å². The van der Waals surface area contributed by atoms with Crippen LogP contribution in [0.3, 0.4) is 0 Å². The SMILES string of the molecule is Cn1c(CNS(=O)(=O)c2ccc(Cl)c(C#N)c2)nc2ccccc21. The zero-order valence-corrected chi connectivity index (χ0v) is 14.3. The van der Waals surface area contributed by atoms with Crippen LogP contribution in [0.15, 0.2) is 47.4 Å². The molecule has 122 valence electrons. The summed E-state index contributed by atoms with van der Waals surface area (Å²) in [7, 11) is -1.95. The van der Waals surface area contributed by atoms with Crippen LogP contribution in [-0.2, 0) is 23.6 Å². The predicted molar refractivity (Wildman–Crippen MR) is 90.9 cm³/mol. The third kappa shape index (κ3) is 2.99. The molecule has 0 spiro atoms. The Morgan fingerprint density at radius 3 is 2.75 bits per heavy atom. The molecule has 1 N–H and O–H groups in total. The van der Waals surface area contributed by atoms with Gasteiger partial charge in [-0.25, -0.2) is 18.1 Å². The van der Waals surface area contributed by atoms with Gasteiger partial charge in [0.1, 0.15) is 11.9 Å². The maximum Gasteiger partial charge on any atom is 0.241 e. The van der Waals surface area contributed by atoms with Crippen LogP contribution in [0.2, 0.25) is 5.02 Å². The maximum atomic E-state index is 12.4. The van der Waals surface area contributed by atoms with Crippen molar-refractivity contribution in [1.82, 2.24) is 14.3 Å². The summed E-state index contributed by atoms with van der Waals surface area (Å²) < 4.78 is 29.2. The molecule has 0 amide bonds. The number of fused-ring (bicyclic) bond motifs is 1. The van der Waals surface area contributed by atoms with Crippen molar-refractivity contribution in [1.29, 1.82) is 5.26 Å². The summed E-state index contributed by atoms with van der Waals surface area (Å²) in [4.78, 5) is 4.41. The molecule has 2 aromatic carbocycles. The number of aromatic nitrogens is 2. The van der Waals surface area contributed by atoms with Crippen LogP contribution in [0.25, 0.3) is 11.0 Å². The van der Waals surface area contributed by atoms with E-state index in [1.807, 2.05) is 41.9 Å². The molecule has 0 bridgehead atoms. The number of nitriles is 1. The van der Waals surface area contributed by atoms with Crippen LogP contribution in [-0.4, -0.2) is 18.0 Å². The Balaban J connectivity index is 1.87. The van der Waals surface area contributed by atoms with Gasteiger partial charge in [-0.05, 0) is 30.3 Å². The maximum absolute atomic E-state index is 12.4. The molecule has 0 radical (unpaired) electrons. The zero-order valence-electron chi connectivity index (χ0n) is 12.7. The standard InChI is InChI=1S/C16H13ClN4O2S/c1-21-15-5-3-2-4-14(15)20-16(21)10-19-24(22,23)12-6-7-13(17)11(8-12)9-18/h2-8,19H,10H2,1H3. The molecular formula is C16H13ClN4O2S. The van der Waals surface area contributed by atoms with Gasteiger partial charge in [-0.3, -0.25) is 0 Å². The highest BCUT2D eigenvalue weighted by Crippen LogP contribution is 2.20. The molecule has 3 rings (SSSR count). The Morgan fingerprint density at radius 1 is 1.29 bits per heavy atom. The highest BCUT2D eigenvalue weighted by molar-refractivity contribution is 7.89. The van der Waals surface area contributed by atoms with Gasteiger partial charge in [0.2, 0.25) is 10.0 Å². The topological polar surface area (TPSA) is 87.8 Å². The number of aryl methyl sites for hydroxylation is 1. The largest absolute Gasteiger partial charge is 0.330 e. The second kappa shape index (κ2) is 6.24. The van der Waals surface area contributed by atoms with E-state index in [2.05, 4.69) is 9.71 Å². The van der Waals surface area contributed by atoms with Gasteiger partial charge < -0.3 is 4.57 Å². The quantitative estimate of drug-likeness (QED) is 0.774. The predicted octanol–water partition coefficient (Wildman–Crippen LogP) is 2.58. The Hall–Kier alpha value is -2.40. The van der Waals surface area contributed by atoms with Crippen LogP contribution < -0.4 is 4.72 Å². The fourth-order valence-electron chi connectivity index (χ4n) is 2.35. The summed E-state index contributed by atoms with van der Waals surface area (Å²) in [5.74, 6) is 0.592. The van der Waals surface area contributed by atoms with Crippen molar-refractivity contribution in [2.45, 2.75) is 11.4 Å². The molecule has 0 atom stereocenters. The fourth-order valence-corrected chi connectivity index (χ4v) is 3.52. The number of hydrogen-bond donors (Lipinski definition) is 1. The van der Waals surface area contributed by atoms with E-state index in [0.717, 1.165) is 11.0 Å². The van der Waals surface area contributed by atoms with Crippen molar-refractivity contribution < 1.29 is 8.42 Å². The summed E-state index contributed by atoms with van der Waals surface area (Å²) in [5, 5.41) is 9.19. The lowest BCUT2D eigenvalue weighted by Gasteiger charge is -2.08. The number of nitrogens with zero attached hydrogens (tertiary/aromatic N) is 3. The summed E-state index contributed by atoms with van der Waals surface area (Å²) in [5.41, 5.74) is 1.83. The first kappa shape index (κ1) is 16.5. The first-order valence-electron chi connectivity index (χ1n) is 7.02. The van der Waals surface area contributed by atoms with Gasteiger partial charge in [0.25, 0.3) is 0 Å². The van der Waals surface area contributed by atoms with Crippen LogP contribution in [0.1, 0.15) is 11.4 Å². The monoisotopic (exact) mass is 360 g/mol. The second-order valence-corrected chi connectivity index (χ2v) is 7.33. The minimum Gasteiger partial charge on any atom is -0.330 e. The Bertz CT molecular complexity index is 1070. The molecule has 6 nitrogen and oxygen atoms in total. The molecule has 3 aromatic rings. The van der Waals surface area contributed by atoms with Gasteiger partial charge >= 0.3 is 0 Å². The molecule has 0 aliphatic carbocycles. The van der Waals surface area contributed by atoms with E-state index in [0.29, 0.717) is 5.82 Å². The third-order valence-corrected chi connectivity index (χ3v) is 5.40. The van der Waals surface area contributed by atoms with Gasteiger partial charge in [-0.2, -0.15) is 5.26 Å². The van der Waals surface area contributed by atoms with Crippen molar-refractivity contribution in [3.8, 4) is 6.07 Å². The number of benzene rings is 2. The van der Waals surface area contributed by atoms with E-state index in [-0.39, 0.29) is 22.0 Å². The van der Waals surface area contributed by atoms with Crippen molar-refractivity contribution in [3.05, 3.63) is 58.9 Å². The number of nitrogens with one attached hydrogen (secondary N) is 1. The molecule has 0 saturated carbocycles. The van der Waals surface area contributed by atoms with E-state index in [1.165, 1.54) is 18.2 Å². The smallest absolute Gasteiger partial charge is 0.241 e. The molecule has 1 heterocycles. The molecule has 24 heavy (non-hydrogen) atoms.